The summed E-state index contributed by atoms with van der Waals surface area (Å²) in [5.74, 6) is -0.397. The van der Waals surface area contributed by atoms with Crippen molar-refractivity contribution in [3.63, 3.8) is 0 Å². The number of rotatable bonds is 4. The quantitative estimate of drug-likeness (QED) is 0.673. The molecule has 1 saturated heterocycles. The Labute approximate surface area is 174 Å². The maximum absolute atomic E-state index is 11.9. The highest BCUT2D eigenvalue weighted by Gasteiger charge is 2.26. The minimum Gasteiger partial charge on any atom is -0.460 e. The molecular formula is C20H25ClN2O6. The fraction of sp³-hybridized carbons (Fsp3) is 0.500. The predicted molar refractivity (Wildman–Crippen MR) is 108 cm³/mol. The number of esters is 1. The van der Waals surface area contributed by atoms with Crippen LogP contribution in [0, 0.1) is 0 Å². The Morgan fingerprint density at radius 1 is 1.17 bits per heavy atom. The predicted octanol–water partition coefficient (Wildman–Crippen LogP) is 4.25. The highest BCUT2D eigenvalue weighted by Crippen LogP contribution is 2.36. The van der Waals surface area contributed by atoms with Crippen LogP contribution in [0.4, 0.5) is 10.5 Å². The molecule has 158 valence electrons. The molecule has 0 N–H and O–H groups in total. The van der Waals surface area contributed by atoms with Crippen LogP contribution >= 0.6 is 11.6 Å². The number of hydrogen-bond donors (Lipinski definition) is 0. The summed E-state index contributed by atoms with van der Waals surface area (Å²) in [6.07, 6.45) is -0.713. The number of hydroxylamine groups is 2. The van der Waals surface area contributed by atoms with Gasteiger partial charge in [0.05, 0.1) is 30.4 Å². The summed E-state index contributed by atoms with van der Waals surface area (Å²) in [7, 11) is 0. The minimum absolute atomic E-state index is 0.122. The van der Waals surface area contributed by atoms with Gasteiger partial charge in [-0.1, -0.05) is 11.6 Å². The van der Waals surface area contributed by atoms with Crippen LogP contribution in [0.5, 0.6) is 0 Å². The van der Waals surface area contributed by atoms with Crippen LogP contribution in [0.3, 0.4) is 0 Å². The number of benzene rings is 1. The molecule has 2 heterocycles. The standard InChI is InChI=1S/C20H25ClN2O6/c1-5-26-18(24)16-12-13-15(27-16)7-6-14(17(13)21)22-8-10-23(11-9-22)29-19(25)28-20(2,3)4/h6-7,12H,5,8-11H2,1-4H3. The van der Waals surface area contributed by atoms with Crippen molar-refractivity contribution in [1.82, 2.24) is 5.06 Å². The van der Waals surface area contributed by atoms with E-state index >= 15 is 0 Å². The van der Waals surface area contributed by atoms with E-state index in [1.165, 1.54) is 0 Å². The van der Waals surface area contributed by atoms with Gasteiger partial charge < -0.3 is 23.6 Å². The first-order valence-corrected chi connectivity index (χ1v) is 9.85. The third kappa shape index (κ3) is 5.13. The average molecular weight is 425 g/mol. The summed E-state index contributed by atoms with van der Waals surface area (Å²) in [5, 5.41) is 2.73. The molecule has 0 amide bonds. The van der Waals surface area contributed by atoms with Gasteiger partial charge in [0.25, 0.3) is 0 Å². The highest BCUT2D eigenvalue weighted by molar-refractivity contribution is 6.38. The second-order valence-electron chi connectivity index (χ2n) is 7.61. The van der Waals surface area contributed by atoms with Crippen molar-refractivity contribution >= 4 is 40.4 Å². The Morgan fingerprint density at radius 3 is 2.48 bits per heavy atom. The topological polar surface area (TPSA) is 81.5 Å². The molecule has 0 saturated carbocycles. The van der Waals surface area contributed by atoms with Crippen molar-refractivity contribution in [3.8, 4) is 0 Å². The molecule has 1 aromatic heterocycles. The molecule has 29 heavy (non-hydrogen) atoms. The van der Waals surface area contributed by atoms with Crippen molar-refractivity contribution in [3.05, 3.63) is 29.0 Å². The van der Waals surface area contributed by atoms with E-state index in [0.717, 1.165) is 5.69 Å². The summed E-state index contributed by atoms with van der Waals surface area (Å²) in [5.41, 5.74) is 0.746. The largest absolute Gasteiger partial charge is 0.528 e. The second kappa shape index (κ2) is 8.51. The van der Waals surface area contributed by atoms with E-state index in [1.54, 1.807) is 44.9 Å². The summed E-state index contributed by atoms with van der Waals surface area (Å²) in [6.45, 7) is 9.59. The van der Waals surface area contributed by atoms with E-state index in [4.69, 9.17) is 30.3 Å². The smallest absolute Gasteiger partial charge is 0.460 e. The SMILES string of the molecule is CCOC(=O)c1cc2c(Cl)c(N3CCN(OC(=O)OC(C)(C)C)CC3)ccc2o1. The zero-order valence-corrected chi connectivity index (χ0v) is 17.7. The van der Waals surface area contributed by atoms with Gasteiger partial charge in [-0.05, 0) is 39.8 Å². The van der Waals surface area contributed by atoms with Gasteiger partial charge in [-0.3, -0.25) is 0 Å². The number of anilines is 1. The van der Waals surface area contributed by atoms with Crippen LogP contribution in [0.1, 0.15) is 38.2 Å². The number of ether oxygens (including phenoxy) is 2. The fourth-order valence-corrected chi connectivity index (χ4v) is 3.34. The van der Waals surface area contributed by atoms with Gasteiger partial charge in [0.1, 0.15) is 11.2 Å². The molecule has 0 atom stereocenters. The first-order chi connectivity index (χ1) is 13.7. The summed E-state index contributed by atoms with van der Waals surface area (Å²) in [4.78, 5) is 31.1. The van der Waals surface area contributed by atoms with Gasteiger partial charge in [0.2, 0.25) is 5.76 Å². The molecule has 1 aromatic carbocycles. The van der Waals surface area contributed by atoms with E-state index in [-0.39, 0.29) is 12.4 Å². The van der Waals surface area contributed by atoms with Gasteiger partial charge in [-0.15, -0.1) is 5.06 Å². The number of nitrogens with zero attached hydrogens (tertiary/aromatic N) is 2. The average Bonchev–Trinajstić information content (AvgIpc) is 3.07. The fourth-order valence-electron chi connectivity index (χ4n) is 3.01. The maximum atomic E-state index is 11.9. The molecule has 0 radical (unpaired) electrons. The van der Waals surface area contributed by atoms with Crippen molar-refractivity contribution in [1.29, 1.82) is 0 Å². The van der Waals surface area contributed by atoms with Crippen molar-refractivity contribution in [2.75, 3.05) is 37.7 Å². The van der Waals surface area contributed by atoms with E-state index in [1.807, 2.05) is 6.07 Å². The lowest BCUT2D eigenvalue weighted by molar-refractivity contribution is -0.144. The third-order valence-corrected chi connectivity index (χ3v) is 4.66. The van der Waals surface area contributed by atoms with Gasteiger partial charge >= 0.3 is 12.1 Å². The Kier molecular flexibility index (Phi) is 6.24. The normalized spacial score (nSPS) is 15.4. The van der Waals surface area contributed by atoms with Crippen LogP contribution in [-0.2, 0) is 14.3 Å². The Bertz CT molecular complexity index is 896. The molecule has 2 aromatic rings. The molecule has 1 fully saturated rings. The summed E-state index contributed by atoms with van der Waals surface area (Å²) < 4.78 is 15.7. The summed E-state index contributed by atoms with van der Waals surface area (Å²) >= 11 is 6.59. The Hall–Kier alpha value is -2.45. The van der Waals surface area contributed by atoms with Crippen molar-refractivity contribution in [2.45, 2.75) is 33.3 Å². The van der Waals surface area contributed by atoms with Crippen LogP contribution in [0.2, 0.25) is 5.02 Å². The second-order valence-corrected chi connectivity index (χ2v) is 7.99. The first kappa shape index (κ1) is 21.3. The zero-order chi connectivity index (χ0) is 21.2. The van der Waals surface area contributed by atoms with Crippen LogP contribution in [0.25, 0.3) is 11.0 Å². The molecule has 0 bridgehead atoms. The van der Waals surface area contributed by atoms with Gasteiger partial charge in [-0.25, -0.2) is 9.59 Å². The van der Waals surface area contributed by atoms with Crippen LogP contribution < -0.4 is 4.90 Å². The molecule has 0 spiro atoms. The van der Waals surface area contributed by atoms with Crippen molar-refractivity contribution < 1.29 is 28.3 Å². The number of fused-ring (bicyclic) bond motifs is 1. The molecule has 1 aliphatic heterocycles. The number of hydrogen-bond acceptors (Lipinski definition) is 8. The molecule has 0 unspecified atom stereocenters. The Morgan fingerprint density at radius 2 is 1.86 bits per heavy atom. The third-order valence-electron chi connectivity index (χ3n) is 4.26. The molecule has 0 aliphatic carbocycles. The van der Waals surface area contributed by atoms with Gasteiger partial charge in [0.15, 0.2) is 0 Å². The number of piperazine rings is 1. The number of carbonyl (C=O) groups is 2. The number of furan rings is 1. The number of halogens is 1. The zero-order valence-electron chi connectivity index (χ0n) is 17.0. The minimum atomic E-state index is -0.713. The molecule has 3 rings (SSSR count). The lowest BCUT2D eigenvalue weighted by Gasteiger charge is -2.35. The molecule has 8 nitrogen and oxygen atoms in total. The monoisotopic (exact) mass is 424 g/mol. The number of carbonyl (C=O) groups excluding carboxylic acids is 2. The summed E-state index contributed by atoms with van der Waals surface area (Å²) in [6, 6.07) is 5.23. The van der Waals surface area contributed by atoms with E-state index in [9.17, 15) is 9.59 Å². The van der Waals surface area contributed by atoms with E-state index < -0.39 is 17.7 Å². The van der Waals surface area contributed by atoms with Gasteiger partial charge in [0, 0.05) is 24.5 Å². The lowest BCUT2D eigenvalue weighted by atomic mass is 10.2. The van der Waals surface area contributed by atoms with E-state index in [2.05, 4.69) is 4.90 Å². The van der Waals surface area contributed by atoms with E-state index in [0.29, 0.717) is 42.2 Å². The molecular weight excluding hydrogens is 400 g/mol. The molecule has 1 aliphatic rings. The lowest BCUT2D eigenvalue weighted by Crippen LogP contribution is -2.47. The Balaban J connectivity index is 1.67. The highest BCUT2D eigenvalue weighted by atomic mass is 35.5. The van der Waals surface area contributed by atoms with Crippen LogP contribution in [-0.4, -0.2) is 55.6 Å². The molecule has 9 heteroatoms. The maximum Gasteiger partial charge on any atom is 0.528 e. The van der Waals surface area contributed by atoms with Crippen molar-refractivity contribution in [2.24, 2.45) is 0 Å². The first-order valence-electron chi connectivity index (χ1n) is 9.48. The van der Waals surface area contributed by atoms with Gasteiger partial charge in [-0.2, -0.15) is 0 Å². The van der Waals surface area contributed by atoms with Crippen LogP contribution in [0.15, 0.2) is 22.6 Å².